The highest BCUT2D eigenvalue weighted by atomic mass is 16.5. The summed E-state index contributed by atoms with van der Waals surface area (Å²) in [4.78, 5) is 24.3. The lowest BCUT2D eigenvalue weighted by atomic mass is 10.2. The molecule has 1 amide bonds. The Morgan fingerprint density at radius 3 is 2.83 bits per heavy atom. The molecule has 23 heavy (non-hydrogen) atoms. The summed E-state index contributed by atoms with van der Waals surface area (Å²) in [5.41, 5.74) is 0.302. The van der Waals surface area contributed by atoms with E-state index >= 15 is 0 Å². The van der Waals surface area contributed by atoms with Gasteiger partial charge in [-0.2, -0.15) is 0 Å². The van der Waals surface area contributed by atoms with Crippen LogP contribution in [0.2, 0.25) is 0 Å². The van der Waals surface area contributed by atoms with Crippen molar-refractivity contribution in [2.24, 2.45) is 0 Å². The third-order valence-corrected chi connectivity index (χ3v) is 3.88. The zero-order valence-corrected chi connectivity index (χ0v) is 14.1. The number of hydrogen-bond donors (Lipinski definition) is 0. The number of aromatic nitrogens is 2. The molecule has 0 aliphatic carbocycles. The second-order valence-corrected chi connectivity index (χ2v) is 6.06. The number of carbonyl (C=O) groups excluding carboxylic acids is 1. The van der Waals surface area contributed by atoms with Crippen molar-refractivity contribution in [1.82, 2.24) is 19.8 Å². The molecule has 0 radical (unpaired) electrons. The number of amides is 1. The molecule has 0 aromatic carbocycles. The van der Waals surface area contributed by atoms with Gasteiger partial charge in [0.2, 0.25) is 5.88 Å². The van der Waals surface area contributed by atoms with E-state index < -0.39 is 0 Å². The Bertz CT molecular complexity index is 527. The number of likely N-dealkylation sites (tertiary alicyclic amines) is 1. The first kappa shape index (κ1) is 17.4. The number of nitrogens with zero attached hydrogens (tertiary/aromatic N) is 4. The molecular formula is C17H26N4O2. The molecule has 6 heteroatoms. The second-order valence-electron chi connectivity index (χ2n) is 6.06. The molecule has 2 rings (SSSR count). The van der Waals surface area contributed by atoms with Crippen LogP contribution in [0.3, 0.4) is 0 Å². The molecule has 1 aromatic heterocycles. The summed E-state index contributed by atoms with van der Waals surface area (Å²) in [6, 6.07) is 0. The molecule has 1 aromatic rings. The van der Waals surface area contributed by atoms with E-state index in [1.54, 1.807) is 20.3 Å². The van der Waals surface area contributed by atoms with Crippen LogP contribution in [-0.2, 0) is 0 Å². The molecule has 0 unspecified atom stereocenters. The van der Waals surface area contributed by atoms with Gasteiger partial charge in [0.1, 0.15) is 6.10 Å². The Morgan fingerprint density at radius 1 is 1.43 bits per heavy atom. The van der Waals surface area contributed by atoms with Crippen LogP contribution in [0.4, 0.5) is 0 Å². The van der Waals surface area contributed by atoms with Gasteiger partial charge in [-0.25, -0.2) is 4.98 Å². The minimum Gasteiger partial charge on any atom is -0.472 e. The molecule has 126 valence electrons. The molecule has 0 N–H and O–H groups in total. The molecule has 6 nitrogen and oxygen atoms in total. The number of rotatable bonds is 8. The van der Waals surface area contributed by atoms with Crippen LogP contribution in [0.25, 0.3) is 0 Å². The minimum absolute atomic E-state index is 0.0325. The summed E-state index contributed by atoms with van der Waals surface area (Å²) < 4.78 is 6.02. The molecule has 1 aliphatic heterocycles. The number of ether oxygens (including phenoxy) is 1. The standard InChI is InChI=1S/C17H26N4O2/c1-4-5-8-14(13-21-9-6-7-10-21)23-16-12-18-11-15(19-16)17(22)20(2)3/h4,11-12,14H,1,5-10,13H2,2-3H3/t14-/m0/s1. The van der Waals surface area contributed by atoms with E-state index in [9.17, 15) is 4.79 Å². The fourth-order valence-corrected chi connectivity index (χ4v) is 2.65. The average Bonchev–Trinajstić information content (AvgIpc) is 3.05. The van der Waals surface area contributed by atoms with Gasteiger partial charge in [0.05, 0.1) is 12.4 Å². The average molecular weight is 318 g/mol. The van der Waals surface area contributed by atoms with Gasteiger partial charge < -0.3 is 9.64 Å². The van der Waals surface area contributed by atoms with Crippen LogP contribution in [0.5, 0.6) is 5.88 Å². The molecule has 1 atom stereocenters. The van der Waals surface area contributed by atoms with Gasteiger partial charge in [-0.1, -0.05) is 6.08 Å². The van der Waals surface area contributed by atoms with Crippen molar-refractivity contribution >= 4 is 5.91 Å². The molecule has 0 spiro atoms. The smallest absolute Gasteiger partial charge is 0.273 e. The second kappa shape index (κ2) is 8.62. The summed E-state index contributed by atoms with van der Waals surface area (Å²) in [5, 5.41) is 0. The first-order valence-electron chi connectivity index (χ1n) is 8.13. The molecular weight excluding hydrogens is 292 g/mol. The Hall–Kier alpha value is -1.95. The number of allylic oxidation sites excluding steroid dienone is 1. The third kappa shape index (κ3) is 5.32. The van der Waals surface area contributed by atoms with Crippen LogP contribution in [0.15, 0.2) is 25.0 Å². The zero-order chi connectivity index (χ0) is 16.7. The molecule has 1 aliphatic rings. The molecule has 0 saturated carbocycles. The third-order valence-electron chi connectivity index (χ3n) is 3.88. The van der Waals surface area contributed by atoms with E-state index in [2.05, 4.69) is 21.4 Å². The summed E-state index contributed by atoms with van der Waals surface area (Å²) in [7, 11) is 3.38. The maximum Gasteiger partial charge on any atom is 0.273 e. The SMILES string of the molecule is C=CCC[C@@H](CN1CCCC1)Oc1cncc(C(=O)N(C)C)n1. The zero-order valence-electron chi connectivity index (χ0n) is 14.1. The molecule has 2 heterocycles. The minimum atomic E-state index is -0.176. The van der Waals surface area contributed by atoms with E-state index in [4.69, 9.17) is 4.74 Å². The van der Waals surface area contributed by atoms with Crippen LogP contribution in [-0.4, -0.2) is 65.5 Å². The van der Waals surface area contributed by atoms with Crippen LogP contribution < -0.4 is 4.74 Å². The first-order valence-corrected chi connectivity index (χ1v) is 8.13. The monoisotopic (exact) mass is 318 g/mol. The van der Waals surface area contributed by atoms with Crippen molar-refractivity contribution in [2.75, 3.05) is 33.7 Å². The Balaban J connectivity index is 2.03. The van der Waals surface area contributed by atoms with Crippen LogP contribution in [0.1, 0.15) is 36.2 Å². The maximum atomic E-state index is 12.0. The Kier molecular flexibility index (Phi) is 6.52. The highest BCUT2D eigenvalue weighted by Gasteiger charge is 2.20. The van der Waals surface area contributed by atoms with E-state index in [-0.39, 0.29) is 12.0 Å². The van der Waals surface area contributed by atoms with Crippen molar-refractivity contribution in [3.05, 3.63) is 30.7 Å². The van der Waals surface area contributed by atoms with Gasteiger partial charge in [0.25, 0.3) is 5.91 Å². The highest BCUT2D eigenvalue weighted by molar-refractivity contribution is 5.91. The molecule has 0 bridgehead atoms. The van der Waals surface area contributed by atoms with E-state index in [0.717, 1.165) is 32.5 Å². The quantitative estimate of drug-likeness (QED) is 0.686. The van der Waals surface area contributed by atoms with Gasteiger partial charge in [-0.3, -0.25) is 14.7 Å². The lowest BCUT2D eigenvalue weighted by Crippen LogP contribution is -2.34. The molecule has 1 saturated heterocycles. The van der Waals surface area contributed by atoms with E-state index in [0.29, 0.717) is 11.6 Å². The van der Waals surface area contributed by atoms with Crippen LogP contribution >= 0.6 is 0 Å². The normalized spacial score (nSPS) is 16.1. The van der Waals surface area contributed by atoms with Crippen molar-refractivity contribution in [3.63, 3.8) is 0 Å². The number of hydrogen-bond acceptors (Lipinski definition) is 5. The Morgan fingerprint density at radius 2 is 2.17 bits per heavy atom. The topological polar surface area (TPSA) is 58.6 Å². The van der Waals surface area contributed by atoms with Crippen molar-refractivity contribution in [1.29, 1.82) is 0 Å². The largest absolute Gasteiger partial charge is 0.472 e. The van der Waals surface area contributed by atoms with Gasteiger partial charge in [-0.05, 0) is 38.8 Å². The van der Waals surface area contributed by atoms with Gasteiger partial charge in [0.15, 0.2) is 5.69 Å². The van der Waals surface area contributed by atoms with Crippen molar-refractivity contribution in [3.8, 4) is 5.88 Å². The lowest BCUT2D eigenvalue weighted by Gasteiger charge is -2.23. The van der Waals surface area contributed by atoms with Crippen molar-refractivity contribution in [2.45, 2.75) is 31.8 Å². The van der Waals surface area contributed by atoms with E-state index in [1.165, 1.54) is 23.9 Å². The summed E-state index contributed by atoms with van der Waals surface area (Å²) >= 11 is 0. The molecule has 1 fully saturated rings. The fraction of sp³-hybridized carbons (Fsp3) is 0.588. The van der Waals surface area contributed by atoms with Crippen LogP contribution in [0, 0.1) is 0 Å². The van der Waals surface area contributed by atoms with Gasteiger partial charge >= 0.3 is 0 Å². The highest BCUT2D eigenvalue weighted by Crippen LogP contribution is 2.15. The van der Waals surface area contributed by atoms with E-state index in [1.807, 2.05) is 6.08 Å². The predicted octanol–water partition coefficient (Wildman–Crippen LogP) is 1.99. The maximum absolute atomic E-state index is 12.0. The fourth-order valence-electron chi connectivity index (χ4n) is 2.65. The summed E-state index contributed by atoms with van der Waals surface area (Å²) in [6.07, 6.45) is 9.24. The van der Waals surface area contributed by atoms with Gasteiger partial charge in [-0.15, -0.1) is 6.58 Å². The lowest BCUT2D eigenvalue weighted by molar-refractivity contribution is 0.0817. The summed E-state index contributed by atoms with van der Waals surface area (Å²) in [5.74, 6) is 0.232. The first-order chi connectivity index (χ1) is 11.1. The summed E-state index contributed by atoms with van der Waals surface area (Å²) in [6.45, 7) is 6.90. The Labute approximate surface area is 138 Å². The van der Waals surface area contributed by atoms with Gasteiger partial charge in [0, 0.05) is 20.6 Å². The number of carbonyl (C=O) groups is 1. The predicted molar refractivity (Wildman–Crippen MR) is 89.6 cm³/mol. The van der Waals surface area contributed by atoms with Crippen molar-refractivity contribution < 1.29 is 9.53 Å².